The van der Waals surface area contributed by atoms with Gasteiger partial charge in [-0.15, -0.1) is 0 Å². The SMILES string of the molecule is CC(NC(=O)CNCC1CCCO1)c1ccccc1Cl. The van der Waals surface area contributed by atoms with Crippen LogP contribution in [-0.2, 0) is 9.53 Å². The Morgan fingerprint density at radius 3 is 3.00 bits per heavy atom. The van der Waals surface area contributed by atoms with Crippen molar-refractivity contribution in [2.75, 3.05) is 19.7 Å². The van der Waals surface area contributed by atoms with Crippen molar-refractivity contribution in [1.29, 1.82) is 0 Å². The van der Waals surface area contributed by atoms with Crippen LogP contribution in [0.2, 0.25) is 5.02 Å². The molecule has 0 spiro atoms. The van der Waals surface area contributed by atoms with Gasteiger partial charge in [0.1, 0.15) is 0 Å². The van der Waals surface area contributed by atoms with E-state index in [0.717, 1.165) is 31.6 Å². The highest BCUT2D eigenvalue weighted by Crippen LogP contribution is 2.21. The van der Waals surface area contributed by atoms with Gasteiger partial charge >= 0.3 is 0 Å². The first-order chi connectivity index (χ1) is 9.66. The fourth-order valence-corrected chi connectivity index (χ4v) is 2.65. The third-order valence-electron chi connectivity index (χ3n) is 3.43. The van der Waals surface area contributed by atoms with E-state index in [1.54, 1.807) is 0 Å². The molecule has 4 nitrogen and oxygen atoms in total. The van der Waals surface area contributed by atoms with Crippen LogP contribution in [0.25, 0.3) is 0 Å². The second kappa shape index (κ2) is 7.62. The Labute approximate surface area is 124 Å². The Morgan fingerprint density at radius 1 is 1.50 bits per heavy atom. The number of amides is 1. The molecule has 1 aliphatic heterocycles. The summed E-state index contributed by atoms with van der Waals surface area (Å²) in [5.74, 6) is -0.0320. The molecule has 20 heavy (non-hydrogen) atoms. The van der Waals surface area contributed by atoms with Crippen LogP contribution in [0.3, 0.4) is 0 Å². The Hall–Kier alpha value is -1.10. The van der Waals surface area contributed by atoms with Crippen molar-refractivity contribution < 1.29 is 9.53 Å². The van der Waals surface area contributed by atoms with Gasteiger partial charge < -0.3 is 15.4 Å². The summed E-state index contributed by atoms with van der Waals surface area (Å²) < 4.78 is 5.49. The molecule has 1 saturated heterocycles. The lowest BCUT2D eigenvalue weighted by atomic mass is 10.1. The normalized spacial score (nSPS) is 19.8. The van der Waals surface area contributed by atoms with Crippen molar-refractivity contribution in [3.63, 3.8) is 0 Å². The molecule has 1 amide bonds. The van der Waals surface area contributed by atoms with Crippen LogP contribution in [-0.4, -0.2) is 31.7 Å². The second-order valence-corrected chi connectivity index (χ2v) is 5.48. The van der Waals surface area contributed by atoms with Gasteiger partial charge in [-0.3, -0.25) is 4.79 Å². The van der Waals surface area contributed by atoms with E-state index in [4.69, 9.17) is 16.3 Å². The minimum atomic E-state index is -0.0965. The fourth-order valence-electron chi connectivity index (χ4n) is 2.35. The van der Waals surface area contributed by atoms with Gasteiger partial charge in [0.2, 0.25) is 5.91 Å². The topological polar surface area (TPSA) is 50.4 Å². The van der Waals surface area contributed by atoms with Crippen molar-refractivity contribution in [2.24, 2.45) is 0 Å². The van der Waals surface area contributed by atoms with Gasteiger partial charge in [-0.05, 0) is 31.4 Å². The van der Waals surface area contributed by atoms with Crippen LogP contribution in [0, 0.1) is 0 Å². The van der Waals surface area contributed by atoms with Gasteiger partial charge in [0.05, 0.1) is 18.7 Å². The Morgan fingerprint density at radius 2 is 2.30 bits per heavy atom. The molecular formula is C15H21ClN2O2. The summed E-state index contributed by atoms with van der Waals surface area (Å²) >= 11 is 6.11. The first-order valence-electron chi connectivity index (χ1n) is 7.03. The molecule has 2 unspecified atom stereocenters. The molecule has 0 aromatic heterocycles. The molecule has 1 aromatic rings. The third kappa shape index (κ3) is 4.47. The molecule has 2 rings (SSSR count). The number of nitrogens with one attached hydrogen (secondary N) is 2. The van der Waals surface area contributed by atoms with Crippen molar-refractivity contribution in [3.8, 4) is 0 Å². The molecule has 1 aliphatic rings. The number of hydrogen-bond acceptors (Lipinski definition) is 3. The van der Waals surface area contributed by atoms with E-state index in [9.17, 15) is 4.79 Å². The number of carbonyl (C=O) groups is 1. The Kier molecular flexibility index (Phi) is 5.83. The molecule has 0 aliphatic carbocycles. The van der Waals surface area contributed by atoms with E-state index in [2.05, 4.69) is 10.6 Å². The summed E-state index contributed by atoms with van der Waals surface area (Å²) in [7, 11) is 0. The van der Waals surface area contributed by atoms with Gasteiger partial charge in [0.15, 0.2) is 0 Å². The summed E-state index contributed by atoms with van der Waals surface area (Å²) in [6.45, 7) is 3.80. The maximum atomic E-state index is 11.9. The predicted molar refractivity (Wildman–Crippen MR) is 79.9 cm³/mol. The highest BCUT2D eigenvalue weighted by atomic mass is 35.5. The van der Waals surface area contributed by atoms with Crippen LogP contribution >= 0.6 is 11.6 Å². The zero-order valence-corrected chi connectivity index (χ0v) is 12.5. The van der Waals surface area contributed by atoms with Crippen LogP contribution in [0.4, 0.5) is 0 Å². The standard InChI is InChI=1S/C15H21ClN2O2/c1-11(13-6-2-3-7-14(13)16)18-15(19)10-17-9-12-5-4-8-20-12/h2-3,6-7,11-12,17H,4-5,8-10H2,1H3,(H,18,19). The summed E-state index contributed by atoms with van der Waals surface area (Å²) in [4.78, 5) is 11.9. The van der Waals surface area contributed by atoms with Crippen molar-refractivity contribution in [2.45, 2.75) is 31.9 Å². The summed E-state index contributed by atoms with van der Waals surface area (Å²) in [6.07, 6.45) is 2.44. The summed E-state index contributed by atoms with van der Waals surface area (Å²) in [6, 6.07) is 7.45. The van der Waals surface area contributed by atoms with Gasteiger partial charge in [0, 0.05) is 18.2 Å². The van der Waals surface area contributed by atoms with Gasteiger partial charge in [-0.25, -0.2) is 0 Å². The van der Waals surface area contributed by atoms with E-state index in [0.29, 0.717) is 11.6 Å². The average molecular weight is 297 g/mol. The smallest absolute Gasteiger partial charge is 0.234 e. The van der Waals surface area contributed by atoms with E-state index >= 15 is 0 Å². The number of carbonyl (C=O) groups excluding carboxylic acids is 1. The predicted octanol–water partition coefficient (Wildman–Crippen LogP) is 2.29. The van der Waals surface area contributed by atoms with E-state index in [-0.39, 0.29) is 18.1 Å². The Balaban J connectivity index is 1.72. The van der Waals surface area contributed by atoms with E-state index < -0.39 is 0 Å². The highest BCUT2D eigenvalue weighted by Gasteiger charge is 2.16. The first-order valence-corrected chi connectivity index (χ1v) is 7.40. The molecule has 2 atom stereocenters. The fraction of sp³-hybridized carbons (Fsp3) is 0.533. The molecule has 0 bridgehead atoms. The molecule has 0 saturated carbocycles. The number of hydrogen-bond donors (Lipinski definition) is 2. The van der Waals surface area contributed by atoms with Crippen molar-refractivity contribution in [3.05, 3.63) is 34.9 Å². The third-order valence-corrected chi connectivity index (χ3v) is 3.77. The van der Waals surface area contributed by atoms with Crippen molar-refractivity contribution >= 4 is 17.5 Å². The van der Waals surface area contributed by atoms with E-state index in [1.165, 1.54) is 0 Å². The molecular weight excluding hydrogens is 276 g/mol. The largest absolute Gasteiger partial charge is 0.377 e. The maximum Gasteiger partial charge on any atom is 0.234 e. The lowest BCUT2D eigenvalue weighted by Crippen LogP contribution is -2.38. The maximum absolute atomic E-state index is 11.9. The van der Waals surface area contributed by atoms with Gasteiger partial charge in [-0.1, -0.05) is 29.8 Å². The zero-order valence-electron chi connectivity index (χ0n) is 11.7. The van der Waals surface area contributed by atoms with E-state index in [1.807, 2.05) is 31.2 Å². The molecule has 0 radical (unpaired) electrons. The monoisotopic (exact) mass is 296 g/mol. The van der Waals surface area contributed by atoms with Crippen LogP contribution in [0.1, 0.15) is 31.4 Å². The summed E-state index contributed by atoms with van der Waals surface area (Å²) in [5, 5.41) is 6.74. The lowest BCUT2D eigenvalue weighted by Gasteiger charge is -2.16. The molecule has 2 N–H and O–H groups in total. The quantitative estimate of drug-likeness (QED) is 0.847. The molecule has 110 valence electrons. The lowest BCUT2D eigenvalue weighted by molar-refractivity contribution is -0.120. The molecule has 1 heterocycles. The number of halogens is 1. The second-order valence-electron chi connectivity index (χ2n) is 5.08. The average Bonchev–Trinajstić information content (AvgIpc) is 2.92. The zero-order chi connectivity index (χ0) is 14.4. The Bertz CT molecular complexity index is 447. The minimum Gasteiger partial charge on any atom is -0.377 e. The molecule has 1 fully saturated rings. The first kappa shape index (κ1) is 15.3. The number of rotatable bonds is 6. The van der Waals surface area contributed by atoms with Crippen molar-refractivity contribution in [1.82, 2.24) is 10.6 Å². The van der Waals surface area contributed by atoms with Gasteiger partial charge in [0.25, 0.3) is 0 Å². The van der Waals surface area contributed by atoms with Gasteiger partial charge in [-0.2, -0.15) is 0 Å². The van der Waals surface area contributed by atoms with Crippen LogP contribution in [0.5, 0.6) is 0 Å². The van der Waals surface area contributed by atoms with Crippen LogP contribution in [0.15, 0.2) is 24.3 Å². The van der Waals surface area contributed by atoms with Crippen LogP contribution < -0.4 is 10.6 Å². The minimum absolute atomic E-state index is 0.0320. The molecule has 1 aromatic carbocycles. The highest BCUT2D eigenvalue weighted by molar-refractivity contribution is 6.31. The molecule has 5 heteroatoms. The number of benzene rings is 1. The summed E-state index contributed by atoms with van der Waals surface area (Å²) in [5.41, 5.74) is 0.932. The number of ether oxygens (including phenoxy) is 1.